The lowest BCUT2D eigenvalue weighted by atomic mass is 9.94. The molecule has 176 valence electrons. The Morgan fingerprint density at radius 1 is 0.472 bits per heavy atom. The molecule has 0 unspecified atom stereocenters. The van der Waals surface area contributed by atoms with Crippen molar-refractivity contribution in [1.82, 2.24) is 0 Å². The van der Waals surface area contributed by atoms with Gasteiger partial charge >= 0.3 is 5.97 Å². The number of rotatable bonds is 5. The number of esters is 1. The minimum absolute atomic E-state index is 0.235. The highest BCUT2D eigenvalue weighted by Crippen LogP contribution is 2.32. The Labute approximate surface area is 209 Å². The summed E-state index contributed by atoms with van der Waals surface area (Å²) in [5.41, 5.74) is 8.35. The summed E-state index contributed by atoms with van der Waals surface area (Å²) in [4.78, 5) is 12.5. The Kier molecular flexibility index (Phi) is 6.25. The van der Waals surface area contributed by atoms with Crippen molar-refractivity contribution in [3.8, 4) is 56.0 Å². The van der Waals surface area contributed by atoms with E-state index in [4.69, 9.17) is 4.74 Å². The first-order valence-corrected chi connectivity index (χ1v) is 11.5. The lowest BCUT2D eigenvalue weighted by Crippen LogP contribution is -2.02. The molecule has 0 atom stereocenters. The van der Waals surface area contributed by atoms with Crippen molar-refractivity contribution in [3.63, 3.8) is 0 Å². The van der Waals surface area contributed by atoms with Gasteiger partial charge in [-0.05, 0) is 87.0 Å². The van der Waals surface area contributed by atoms with Gasteiger partial charge in [0.2, 0.25) is 0 Å². The number of hydrogen-bond acceptors (Lipinski definition) is 4. The van der Waals surface area contributed by atoms with E-state index in [1.54, 1.807) is 24.3 Å². The van der Waals surface area contributed by atoms with Crippen LogP contribution in [0.5, 0.6) is 11.5 Å². The zero-order chi connectivity index (χ0) is 25.1. The second-order valence-corrected chi connectivity index (χ2v) is 8.54. The number of carbonyl (C=O) groups excluding carboxylic acids is 1. The van der Waals surface area contributed by atoms with Crippen molar-refractivity contribution in [3.05, 3.63) is 121 Å². The molecule has 0 aromatic heterocycles. The second-order valence-electron chi connectivity index (χ2n) is 8.54. The molecule has 0 radical (unpaired) electrons. The number of phenols is 2. The summed E-state index contributed by atoms with van der Waals surface area (Å²) in [6.45, 7) is 0. The zero-order valence-electron chi connectivity index (χ0n) is 19.7. The predicted octanol–water partition coefficient (Wildman–Crippen LogP) is 7.55. The number of hydrogen-bond donors (Lipinski definition) is 2. The molecule has 0 amide bonds. The van der Waals surface area contributed by atoms with Crippen molar-refractivity contribution in [2.75, 3.05) is 7.11 Å². The van der Waals surface area contributed by atoms with Crippen molar-refractivity contribution in [2.45, 2.75) is 0 Å². The summed E-state index contributed by atoms with van der Waals surface area (Å²) in [6.07, 6.45) is 0. The van der Waals surface area contributed by atoms with E-state index in [0.717, 1.165) is 44.5 Å². The van der Waals surface area contributed by atoms with Gasteiger partial charge in [-0.1, -0.05) is 72.8 Å². The maximum atomic E-state index is 12.5. The van der Waals surface area contributed by atoms with Gasteiger partial charge in [0.25, 0.3) is 0 Å². The van der Waals surface area contributed by atoms with E-state index in [1.807, 2.05) is 84.9 Å². The molecule has 4 nitrogen and oxygen atoms in total. The number of methoxy groups -OCH3 is 1. The fourth-order valence-electron chi connectivity index (χ4n) is 4.21. The summed E-state index contributed by atoms with van der Waals surface area (Å²) in [5.74, 6) is 0.0803. The molecule has 5 aromatic rings. The monoisotopic (exact) mass is 472 g/mol. The SMILES string of the molecule is COC(=O)c1cc(-c2ccc(-c3ccc(O)cc3)cc2)cc(-c2ccc(-c3ccc(O)cc3)cc2)c1. The van der Waals surface area contributed by atoms with Crippen LogP contribution in [0, 0.1) is 0 Å². The molecule has 0 aliphatic heterocycles. The first-order chi connectivity index (χ1) is 17.5. The smallest absolute Gasteiger partial charge is 0.337 e. The zero-order valence-corrected chi connectivity index (χ0v) is 19.7. The summed E-state index contributed by atoms with van der Waals surface area (Å²) >= 11 is 0. The van der Waals surface area contributed by atoms with Crippen LogP contribution in [0.1, 0.15) is 10.4 Å². The van der Waals surface area contributed by atoms with E-state index in [-0.39, 0.29) is 17.5 Å². The lowest BCUT2D eigenvalue weighted by Gasteiger charge is -2.11. The quantitative estimate of drug-likeness (QED) is 0.259. The Balaban J connectivity index is 1.50. The molecule has 0 heterocycles. The van der Waals surface area contributed by atoms with Crippen LogP contribution in [0.2, 0.25) is 0 Å². The van der Waals surface area contributed by atoms with Crippen LogP contribution in [0.4, 0.5) is 0 Å². The molecule has 0 spiro atoms. The fourth-order valence-corrected chi connectivity index (χ4v) is 4.21. The molecule has 0 bridgehead atoms. The maximum absolute atomic E-state index is 12.5. The first kappa shape index (κ1) is 22.9. The second kappa shape index (κ2) is 9.80. The highest BCUT2D eigenvalue weighted by molar-refractivity contribution is 5.93. The highest BCUT2D eigenvalue weighted by Gasteiger charge is 2.12. The molecule has 2 N–H and O–H groups in total. The molecule has 0 fully saturated rings. The normalized spacial score (nSPS) is 10.7. The molecule has 0 aliphatic carbocycles. The van der Waals surface area contributed by atoms with Crippen molar-refractivity contribution >= 4 is 5.97 Å². The first-order valence-electron chi connectivity index (χ1n) is 11.5. The van der Waals surface area contributed by atoms with E-state index in [0.29, 0.717) is 5.56 Å². The van der Waals surface area contributed by atoms with Crippen LogP contribution in [0.25, 0.3) is 44.5 Å². The van der Waals surface area contributed by atoms with Crippen LogP contribution in [0.3, 0.4) is 0 Å². The molecule has 4 heteroatoms. The van der Waals surface area contributed by atoms with Gasteiger partial charge in [-0.15, -0.1) is 0 Å². The number of ether oxygens (including phenoxy) is 1. The van der Waals surface area contributed by atoms with Gasteiger partial charge in [0.1, 0.15) is 11.5 Å². The van der Waals surface area contributed by atoms with Crippen LogP contribution in [0.15, 0.2) is 115 Å². The highest BCUT2D eigenvalue weighted by atomic mass is 16.5. The molecular weight excluding hydrogens is 448 g/mol. The van der Waals surface area contributed by atoms with E-state index in [9.17, 15) is 15.0 Å². The minimum Gasteiger partial charge on any atom is -0.508 e. The van der Waals surface area contributed by atoms with Crippen LogP contribution < -0.4 is 0 Å². The minimum atomic E-state index is -0.389. The van der Waals surface area contributed by atoms with Crippen LogP contribution in [-0.2, 0) is 4.74 Å². The number of phenolic OH excluding ortho intramolecular Hbond substituents is 2. The van der Waals surface area contributed by atoms with Crippen molar-refractivity contribution < 1.29 is 19.7 Å². The van der Waals surface area contributed by atoms with E-state index in [1.165, 1.54) is 7.11 Å². The van der Waals surface area contributed by atoms with E-state index < -0.39 is 0 Å². The largest absolute Gasteiger partial charge is 0.508 e. The van der Waals surface area contributed by atoms with Crippen molar-refractivity contribution in [1.29, 1.82) is 0 Å². The van der Waals surface area contributed by atoms with Crippen LogP contribution >= 0.6 is 0 Å². The van der Waals surface area contributed by atoms with Gasteiger partial charge in [-0.25, -0.2) is 4.79 Å². The van der Waals surface area contributed by atoms with Gasteiger partial charge in [0.15, 0.2) is 0 Å². The van der Waals surface area contributed by atoms with Gasteiger partial charge in [0.05, 0.1) is 12.7 Å². The average molecular weight is 473 g/mol. The number of benzene rings is 5. The predicted molar refractivity (Wildman–Crippen MR) is 143 cm³/mol. The third kappa shape index (κ3) is 4.84. The molecule has 36 heavy (non-hydrogen) atoms. The van der Waals surface area contributed by atoms with E-state index in [2.05, 4.69) is 6.07 Å². The number of aromatic hydroxyl groups is 2. The Morgan fingerprint density at radius 3 is 1.06 bits per heavy atom. The summed E-state index contributed by atoms with van der Waals surface area (Å²) in [7, 11) is 1.38. The third-order valence-electron chi connectivity index (χ3n) is 6.19. The van der Waals surface area contributed by atoms with Gasteiger partial charge in [-0.3, -0.25) is 0 Å². The van der Waals surface area contributed by atoms with Crippen LogP contribution in [-0.4, -0.2) is 23.3 Å². The topological polar surface area (TPSA) is 66.8 Å². The number of carbonyl (C=O) groups is 1. The van der Waals surface area contributed by atoms with Crippen molar-refractivity contribution in [2.24, 2.45) is 0 Å². The molecule has 5 aromatic carbocycles. The summed E-state index contributed by atoms with van der Waals surface area (Å²) < 4.78 is 5.01. The summed E-state index contributed by atoms with van der Waals surface area (Å²) in [6, 6.07) is 36.1. The lowest BCUT2D eigenvalue weighted by molar-refractivity contribution is 0.0601. The molecule has 5 rings (SSSR count). The standard InChI is InChI=1S/C32H24O4/c1-36-32(35)29-19-27(25-6-2-21(3-7-25)23-10-14-30(33)15-11-23)18-28(20-29)26-8-4-22(5-9-26)24-12-16-31(34)17-13-24/h2-20,33-34H,1H3. The van der Waals surface area contributed by atoms with Gasteiger partial charge < -0.3 is 14.9 Å². The summed E-state index contributed by atoms with van der Waals surface area (Å²) in [5, 5.41) is 19.1. The molecule has 0 aliphatic rings. The Morgan fingerprint density at radius 2 is 0.750 bits per heavy atom. The third-order valence-corrected chi connectivity index (χ3v) is 6.19. The fraction of sp³-hybridized carbons (Fsp3) is 0.0312. The van der Waals surface area contributed by atoms with Gasteiger partial charge in [-0.2, -0.15) is 0 Å². The molecular formula is C32H24O4. The van der Waals surface area contributed by atoms with Gasteiger partial charge in [0, 0.05) is 0 Å². The molecule has 0 saturated heterocycles. The Hall–Kier alpha value is -4.83. The Bertz CT molecular complexity index is 1390. The van der Waals surface area contributed by atoms with E-state index >= 15 is 0 Å². The average Bonchev–Trinajstić information content (AvgIpc) is 2.93. The maximum Gasteiger partial charge on any atom is 0.337 e. The molecule has 0 saturated carbocycles.